The first kappa shape index (κ1) is 18.3. The highest BCUT2D eigenvalue weighted by Gasteiger charge is 2.36. The molecule has 8 heteroatoms. The molecule has 3 aliphatic rings. The molecular formula is C21H26N6O2. The summed E-state index contributed by atoms with van der Waals surface area (Å²) >= 11 is 0. The summed E-state index contributed by atoms with van der Waals surface area (Å²) in [6, 6.07) is 5.40. The van der Waals surface area contributed by atoms with E-state index in [1.165, 1.54) is 6.33 Å². The lowest BCUT2D eigenvalue weighted by Crippen LogP contribution is -2.50. The fraction of sp³-hybridized carbons (Fsp3) is 0.524. The average Bonchev–Trinajstić information content (AvgIpc) is 3.24. The van der Waals surface area contributed by atoms with Gasteiger partial charge in [0.15, 0.2) is 0 Å². The van der Waals surface area contributed by atoms with Crippen LogP contribution in [0.5, 0.6) is 0 Å². The van der Waals surface area contributed by atoms with Crippen LogP contribution in [0.1, 0.15) is 30.9 Å². The van der Waals surface area contributed by atoms with Gasteiger partial charge in [-0.25, -0.2) is 9.97 Å². The van der Waals surface area contributed by atoms with Crippen LogP contribution in [0.3, 0.4) is 0 Å². The molecule has 8 nitrogen and oxygen atoms in total. The number of rotatable bonds is 3. The molecule has 0 aromatic carbocycles. The minimum absolute atomic E-state index is 0.00553. The smallest absolute Gasteiger partial charge is 0.251 e. The molecule has 0 aliphatic carbocycles. The van der Waals surface area contributed by atoms with Crippen LogP contribution in [0.4, 0.5) is 5.82 Å². The number of piperidine rings is 1. The monoisotopic (exact) mass is 394 g/mol. The number of nitrogen functional groups attached to an aromatic ring is 1. The number of amides is 1. The molecule has 0 spiro atoms. The fourth-order valence-corrected chi connectivity index (χ4v) is 5.12. The van der Waals surface area contributed by atoms with Crippen molar-refractivity contribution < 1.29 is 4.79 Å². The van der Waals surface area contributed by atoms with Gasteiger partial charge >= 0.3 is 0 Å². The molecule has 1 amide bonds. The van der Waals surface area contributed by atoms with E-state index in [2.05, 4.69) is 20.9 Å². The number of carbonyl (C=O) groups excluding carboxylic acids is 1. The van der Waals surface area contributed by atoms with Crippen LogP contribution < -0.4 is 11.3 Å². The van der Waals surface area contributed by atoms with E-state index in [1.807, 2.05) is 9.47 Å². The first-order chi connectivity index (χ1) is 14.1. The summed E-state index contributed by atoms with van der Waals surface area (Å²) in [5.41, 5.74) is 8.28. The number of fused-ring (bicyclic) bond motifs is 4. The average molecular weight is 394 g/mol. The molecule has 5 rings (SSSR count). The minimum atomic E-state index is 0.00553. The van der Waals surface area contributed by atoms with Crippen molar-refractivity contribution in [3.05, 3.63) is 40.6 Å². The van der Waals surface area contributed by atoms with Gasteiger partial charge in [-0.15, -0.1) is 0 Å². The fourth-order valence-electron chi connectivity index (χ4n) is 5.12. The maximum atomic E-state index is 12.8. The Morgan fingerprint density at radius 1 is 1.10 bits per heavy atom. The van der Waals surface area contributed by atoms with Crippen LogP contribution in [0, 0.1) is 5.92 Å². The van der Waals surface area contributed by atoms with E-state index in [0.29, 0.717) is 30.5 Å². The predicted molar refractivity (Wildman–Crippen MR) is 109 cm³/mol. The van der Waals surface area contributed by atoms with Crippen molar-refractivity contribution >= 4 is 11.7 Å². The predicted octanol–water partition coefficient (Wildman–Crippen LogP) is 0.929. The summed E-state index contributed by atoms with van der Waals surface area (Å²) in [5, 5.41) is 0. The number of nitrogens with zero attached hydrogens (tertiary/aromatic N) is 5. The third-order valence-electron chi connectivity index (χ3n) is 6.43. The lowest BCUT2D eigenvalue weighted by Gasteiger charge is -2.43. The van der Waals surface area contributed by atoms with Crippen molar-refractivity contribution in [2.45, 2.75) is 31.7 Å². The SMILES string of the molecule is Nc1cc(-c2cc3n(c(=O)c2)C[C@H]2C[C@@H]3CN(CC(=O)N3CCCC3)C2)ncn1. The molecule has 2 aromatic heterocycles. The first-order valence-corrected chi connectivity index (χ1v) is 10.4. The summed E-state index contributed by atoms with van der Waals surface area (Å²) in [7, 11) is 0. The Labute approximate surface area is 169 Å². The zero-order valence-corrected chi connectivity index (χ0v) is 16.5. The number of carbonyl (C=O) groups is 1. The van der Waals surface area contributed by atoms with Crippen molar-refractivity contribution in [1.29, 1.82) is 0 Å². The highest BCUT2D eigenvalue weighted by molar-refractivity contribution is 5.78. The van der Waals surface area contributed by atoms with Crippen LogP contribution in [0.25, 0.3) is 11.3 Å². The van der Waals surface area contributed by atoms with Crippen molar-refractivity contribution in [2.75, 3.05) is 38.5 Å². The summed E-state index contributed by atoms with van der Waals surface area (Å²) in [5.74, 6) is 1.29. The molecule has 2 saturated heterocycles. The van der Waals surface area contributed by atoms with E-state index in [4.69, 9.17) is 5.73 Å². The van der Waals surface area contributed by atoms with E-state index in [0.717, 1.165) is 56.7 Å². The van der Waals surface area contributed by atoms with Gasteiger partial charge in [0.1, 0.15) is 12.1 Å². The van der Waals surface area contributed by atoms with Crippen LogP contribution in [-0.4, -0.2) is 63.0 Å². The summed E-state index contributed by atoms with van der Waals surface area (Å²) in [4.78, 5) is 37.9. The van der Waals surface area contributed by atoms with Gasteiger partial charge in [-0.3, -0.25) is 14.5 Å². The number of hydrogen-bond donors (Lipinski definition) is 1. The van der Waals surface area contributed by atoms with Crippen LogP contribution in [-0.2, 0) is 11.3 Å². The molecule has 2 N–H and O–H groups in total. The maximum absolute atomic E-state index is 12.8. The lowest BCUT2D eigenvalue weighted by molar-refractivity contribution is -0.132. The number of hydrogen-bond acceptors (Lipinski definition) is 6. The normalized spacial score (nSPS) is 23.8. The van der Waals surface area contributed by atoms with Gasteiger partial charge < -0.3 is 15.2 Å². The van der Waals surface area contributed by atoms with Crippen molar-refractivity contribution in [3.63, 3.8) is 0 Å². The Hall–Kier alpha value is -2.74. The molecule has 152 valence electrons. The number of likely N-dealkylation sites (tertiary alicyclic amines) is 2. The Morgan fingerprint density at radius 3 is 2.72 bits per heavy atom. The van der Waals surface area contributed by atoms with Crippen LogP contribution >= 0.6 is 0 Å². The molecular weight excluding hydrogens is 368 g/mol. The molecule has 2 bridgehead atoms. The second-order valence-corrected chi connectivity index (χ2v) is 8.53. The van der Waals surface area contributed by atoms with Crippen molar-refractivity contribution in [3.8, 4) is 11.3 Å². The van der Waals surface area contributed by atoms with Gasteiger partial charge in [0.05, 0.1) is 12.2 Å². The molecule has 0 unspecified atom stereocenters. The lowest BCUT2D eigenvalue weighted by atomic mass is 9.82. The molecule has 0 radical (unpaired) electrons. The van der Waals surface area contributed by atoms with Gasteiger partial charge in [0, 0.05) is 62.0 Å². The molecule has 3 aliphatic heterocycles. The van der Waals surface area contributed by atoms with Crippen molar-refractivity contribution in [1.82, 2.24) is 24.3 Å². The molecule has 2 aromatic rings. The van der Waals surface area contributed by atoms with Crippen LogP contribution in [0.15, 0.2) is 29.3 Å². The van der Waals surface area contributed by atoms with Gasteiger partial charge in [-0.05, 0) is 31.2 Å². The second-order valence-electron chi connectivity index (χ2n) is 8.53. The van der Waals surface area contributed by atoms with E-state index < -0.39 is 0 Å². The quantitative estimate of drug-likeness (QED) is 0.832. The molecule has 0 saturated carbocycles. The second kappa shape index (κ2) is 7.26. The van der Waals surface area contributed by atoms with E-state index in [1.54, 1.807) is 12.1 Å². The number of aromatic nitrogens is 3. The molecule has 5 heterocycles. The largest absolute Gasteiger partial charge is 0.384 e. The van der Waals surface area contributed by atoms with Gasteiger partial charge in [-0.2, -0.15) is 0 Å². The number of pyridine rings is 1. The third-order valence-corrected chi connectivity index (χ3v) is 6.43. The number of anilines is 1. The van der Waals surface area contributed by atoms with Gasteiger partial charge in [-0.1, -0.05) is 0 Å². The maximum Gasteiger partial charge on any atom is 0.251 e. The first-order valence-electron chi connectivity index (χ1n) is 10.4. The van der Waals surface area contributed by atoms with E-state index >= 15 is 0 Å². The van der Waals surface area contributed by atoms with E-state index in [9.17, 15) is 9.59 Å². The molecule has 2 atom stereocenters. The highest BCUT2D eigenvalue weighted by Crippen LogP contribution is 2.36. The number of nitrogens with two attached hydrogens (primary N) is 1. The topological polar surface area (TPSA) is 97.3 Å². The summed E-state index contributed by atoms with van der Waals surface area (Å²) in [6.07, 6.45) is 4.71. The Bertz CT molecular complexity index is 997. The van der Waals surface area contributed by atoms with Gasteiger partial charge in [0.25, 0.3) is 5.56 Å². The molecule has 2 fully saturated rings. The van der Waals surface area contributed by atoms with Gasteiger partial charge in [0.2, 0.25) is 5.91 Å². The highest BCUT2D eigenvalue weighted by atomic mass is 16.2. The standard InChI is InChI=1S/C21H26N6O2/c22-19-8-17(23-13-24-19)15-6-18-16-5-14(10-27(18)20(28)7-15)9-25(11-16)12-21(29)26-3-1-2-4-26/h6-8,13-14,16H,1-5,9-12H2,(H2,22,23,24)/t14-,16+/m0/s1. The van der Waals surface area contributed by atoms with E-state index in [-0.39, 0.29) is 17.4 Å². The van der Waals surface area contributed by atoms with Crippen LogP contribution in [0.2, 0.25) is 0 Å². The summed E-state index contributed by atoms with van der Waals surface area (Å²) in [6.45, 7) is 4.67. The Kier molecular flexibility index (Phi) is 4.58. The summed E-state index contributed by atoms with van der Waals surface area (Å²) < 4.78 is 1.91. The minimum Gasteiger partial charge on any atom is -0.384 e. The third kappa shape index (κ3) is 3.53. The Morgan fingerprint density at radius 2 is 1.93 bits per heavy atom. The Balaban J connectivity index is 1.41. The molecule has 29 heavy (non-hydrogen) atoms. The van der Waals surface area contributed by atoms with Crippen molar-refractivity contribution in [2.24, 2.45) is 5.92 Å². The zero-order chi connectivity index (χ0) is 20.0. The zero-order valence-electron chi connectivity index (χ0n) is 16.5.